The standard InChI is InChI=1S/C13H15ClN2O/c1-9(5-7-17)16-12-4-6-15-13-8-10(14)2-3-11(12)13/h2-4,6,8-9,17H,5,7H2,1H3,(H,15,16)/t9-/m1/s1. The normalized spacial score (nSPS) is 12.6. The summed E-state index contributed by atoms with van der Waals surface area (Å²) in [4.78, 5) is 4.28. The van der Waals surface area contributed by atoms with Gasteiger partial charge in [-0.25, -0.2) is 0 Å². The fourth-order valence-electron chi connectivity index (χ4n) is 1.78. The molecule has 0 aliphatic carbocycles. The van der Waals surface area contributed by atoms with E-state index in [2.05, 4.69) is 10.3 Å². The topological polar surface area (TPSA) is 45.1 Å². The van der Waals surface area contributed by atoms with Crippen LogP contribution in [-0.4, -0.2) is 22.7 Å². The van der Waals surface area contributed by atoms with Crippen molar-refractivity contribution in [3.05, 3.63) is 35.5 Å². The molecule has 2 rings (SSSR count). The number of aliphatic hydroxyl groups excluding tert-OH is 1. The van der Waals surface area contributed by atoms with E-state index in [1.165, 1.54) is 0 Å². The van der Waals surface area contributed by atoms with Crippen molar-refractivity contribution < 1.29 is 5.11 Å². The van der Waals surface area contributed by atoms with E-state index in [0.717, 1.165) is 23.0 Å². The van der Waals surface area contributed by atoms with E-state index in [1.54, 1.807) is 6.20 Å². The molecule has 4 heteroatoms. The van der Waals surface area contributed by atoms with Crippen LogP contribution in [0.5, 0.6) is 0 Å². The lowest BCUT2D eigenvalue weighted by Gasteiger charge is -2.15. The van der Waals surface area contributed by atoms with Gasteiger partial charge in [0.05, 0.1) is 5.52 Å². The van der Waals surface area contributed by atoms with Crippen molar-refractivity contribution in [3.8, 4) is 0 Å². The molecule has 0 spiro atoms. The van der Waals surface area contributed by atoms with Gasteiger partial charge in [0.15, 0.2) is 0 Å². The molecule has 90 valence electrons. The van der Waals surface area contributed by atoms with Gasteiger partial charge in [-0.3, -0.25) is 4.98 Å². The van der Waals surface area contributed by atoms with E-state index >= 15 is 0 Å². The summed E-state index contributed by atoms with van der Waals surface area (Å²) in [5, 5.41) is 14.0. The molecule has 0 unspecified atom stereocenters. The van der Waals surface area contributed by atoms with Crippen molar-refractivity contribution in [2.24, 2.45) is 0 Å². The Morgan fingerprint density at radius 3 is 3.00 bits per heavy atom. The number of pyridine rings is 1. The molecular weight excluding hydrogens is 236 g/mol. The smallest absolute Gasteiger partial charge is 0.0737 e. The second-order valence-corrected chi connectivity index (χ2v) is 4.51. The summed E-state index contributed by atoms with van der Waals surface area (Å²) in [6, 6.07) is 7.82. The average Bonchev–Trinajstić information content (AvgIpc) is 2.29. The molecular formula is C13H15ClN2O. The zero-order chi connectivity index (χ0) is 12.3. The van der Waals surface area contributed by atoms with E-state index in [4.69, 9.17) is 16.7 Å². The van der Waals surface area contributed by atoms with Crippen LogP contribution in [0.15, 0.2) is 30.5 Å². The van der Waals surface area contributed by atoms with Gasteiger partial charge in [-0.15, -0.1) is 0 Å². The maximum Gasteiger partial charge on any atom is 0.0737 e. The van der Waals surface area contributed by atoms with Crippen LogP contribution in [0.4, 0.5) is 5.69 Å². The zero-order valence-corrected chi connectivity index (χ0v) is 10.4. The molecule has 1 atom stereocenters. The fourth-order valence-corrected chi connectivity index (χ4v) is 1.94. The predicted molar refractivity (Wildman–Crippen MR) is 71.5 cm³/mol. The molecule has 2 aromatic rings. The highest BCUT2D eigenvalue weighted by Crippen LogP contribution is 2.25. The minimum Gasteiger partial charge on any atom is -0.396 e. The van der Waals surface area contributed by atoms with Gasteiger partial charge in [0, 0.05) is 34.9 Å². The zero-order valence-electron chi connectivity index (χ0n) is 9.65. The van der Waals surface area contributed by atoms with Gasteiger partial charge >= 0.3 is 0 Å². The van der Waals surface area contributed by atoms with Crippen LogP contribution in [0.1, 0.15) is 13.3 Å². The largest absolute Gasteiger partial charge is 0.396 e. The van der Waals surface area contributed by atoms with Gasteiger partial charge in [-0.2, -0.15) is 0 Å². The SMILES string of the molecule is C[C@H](CCO)Nc1ccnc2cc(Cl)ccc12. The summed E-state index contributed by atoms with van der Waals surface area (Å²) in [5.41, 5.74) is 1.89. The molecule has 1 aromatic heterocycles. The third-order valence-electron chi connectivity index (χ3n) is 2.67. The van der Waals surface area contributed by atoms with Crippen molar-refractivity contribution in [2.45, 2.75) is 19.4 Å². The summed E-state index contributed by atoms with van der Waals surface area (Å²) in [6.45, 7) is 2.22. The van der Waals surface area contributed by atoms with E-state index in [0.29, 0.717) is 5.02 Å². The van der Waals surface area contributed by atoms with Crippen molar-refractivity contribution >= 4 is 28.2 Å². The second kappa shape index (κ2) is 5.34. The number of rotatable bonds is 4. The molecule has 1 aromatic carbocycles. The first-order valence-electron chi connectivity index (χ1n) is 5.62. The average molecular weight is 251 g/mol. The summed E-state index contributed by atoms with van der Waals surface area (Å²) in [6.07, 6.45) is 2.48. The number of benzene rings is 1. The van der Waals surface area contributed by atoms with Crippen molar-refractivity contribution in [1.82, 2.24) is 4.98 Å². The number of halogens is 1. The molecule has 0 aliphatic rings. The number of hydrogen-bond acceptors (Lipinski definition) is 3. The Morgan fingerprint density at radius 1 is 1.41 bits per heavy atom. The van der Waals surface area contributed by atoms with E-state index in [9.17, 15) is 0 Å². The van der Waals surface area contributed by atoms with Crippen LogP contribution >= 0.6 is 11.6 Å². The number of aliphatic hydroxyl groups is 1. The molecule has 0 amide bonds. The third kappa shape index (κ3) is 2.87. The van der Waals surface area contributed by atoms with Crippen LogP contribution in [0.3, 0.4) is 0 Å². The molecule has 1 heterocycles. The van der Waals surface area contributed by atoms with Gasteiger partial charge in [-0.05, 0) is 37.6 Å². The number of aromatic nitrogens is 1. The summed E-state index contributed by atoms with van der Waals surface area (Å²) in [7, 11) is 0. The Hall–Kier alpha value is -1.32. The van der Waals surface area contributed by atoms with Crippen LogP contribution in [0, 0.1) is 0 Å². The Morgan fingerprint density at radius 2 is 2.24 bits per heavy atom. The molecule has 0 saturated heterocycles. The van der Waals surface area contributed by atoms with E-state index in [1.807, 2.05) is 31.2 Å². The minimum absolute atomic E-state index is 0.184. The number of hydrogen-bond donors (Lipinski definition) is 2. The van der Waals surface area contributed by atoms with Gasteiger partial charge in [0.1, 0.15) is 0 Å². The fraction of sp³-hybridized carbons (Fsp3) is 0.308. The maximum absolute atomic E-state index is 8.89. The molecule has 2 N–H and O–H groups in total. The highest BCUT2D eigenvalue weighted by atomic mass is 35.5. The highest BCUT2D eigenvalue weighted by Gasteiger charge is 2.05. The van der Waals surface area contributed by atoms with Crippen molar-refractivity contribution in [2.75, 3.05) is 11.9 Å². The predicted octanol–water partition coefficient (Wildman–Crippen LogP) is 3.07. The molecule has 17 heavy (non-hydrogen) atoms. The number of nitrogens with one attached hydrogen (secondary N) is 1. The Bertz CT molecular complexity index is 516. The lowest BCUT2D eigenvalue weighted by molar-refractivity contribution is 0.282. The molecule has 0 aliphatic heterocycles. The Kier molecular flexibility index (Phi) is 3.82. The second-order valence-electron chi connectivity index (χ2n) is 4.08. The molecule has 0 radical (unpaired) electrons. The maximum atomic E-state index is 8.89. The van der Waals surface area contributed by atoms with E-state index < -0.39 is 0 Å². The highest BCUT2D eigenvalue weighted by molar-refractivity contribution is 6.31. The van der Waals surface area contributed by atoms with Crippen molar-refractivity contribution in [3.63, 3.8) is 0 Å². The summed E-state index contributed by atoms with van der Waals surface area (Å²) in [5.74, 6) is 0. The van der Waals surface area contributed by atoms with Crippen molar-refractivity contribution in [1.29, 1.82) is 0 Å². The summed E-state index contributed by atoms with van der Waals surface area (Å²) >= 11 is 5.93. The third-order valence-corrected chi connectivity index (χ3v) is 2.90. The number of nitrogens with zero attached hydrogens (tertiary/aromatic N) is 1. The molecule has 0 fully saturated rings. The first-order chi connectivity index (χ1) is 8.20. The Labute approximate surface area is 105 Å². The lowest BCUT2D eigenvalue weighted by atomic mass is 10.1. The minimum atomic E-state index is 0.184. The Balaban J connectivity index is 2.34. The van der Waals surface area contributed by atoms with E-state index in [-0.39, 0.29) is 12.6 Å². The quantitative estimate of drug-likeness (QED) is 0.877. The van der Waals surface area contributed by atoms with Gasteiger partial charge < -0.3 is 10.4 Å². The monoisotopic (exact) mass is 250 g/mol. The van der Waals surface area contributed by atoms with Gasteiger partial charge in [0.25, 0.3) is 0 Å². The van der Waals surface area contributed by atoms with Crippen LogP contribution < -0.4 is 5.32 Å². The van der Waals surface area contributed by atoms with Crippen LogP contribution in [0.25, 0.3) is 10.9 Å². The lowest BCUT2D eigenvalue weighted by Crippen LogP contribution is -2.16. The number of fused-ring (bicyclic) bond motifs is 1. The van der Waals surface area contributed by atoms with Crippen LogP contribution in [-0.2, 0) is 0 Å². The van der Waals surface area contributed by atoms with Crippen LogP contribution in [0.2, 0.25) is 5.02 Å². The summed E-state index contributed by atoms with van der Waals surface area (Å²) < 4.78 is 0. The molecule has 3 nitrogen and oxygen atoms in total. The molecule has 0 saturated carbocycles. The number of anilines is 1. The first-order valence-corrected chi connectivity index (χ1v) is 6.00. The van der Waals surface area contributed by atoms with Gasteiger partial charge in [-0.1, -0.05) is 11.6 Å². The molecule has 0 bridgehead atoms. The van der Waals surface area contributed by atoms with Gasteiger partial charge in [0.2, 0.25) is 0 Å². The first kappa shape index (κ1) is 12.1.